The first-order valence-corrected chi connectivity index (χ1v) is 8.12. The second-order valence-electron chi connectivity index (χ2n) is 6.14. The van der Waals surface area contributed by atoms with Crippen molar-refractivity contribution in [2.24, 2.45) is 14.1 Å². The van der Waals surface area contributed by atoms with Crippen molar-refractivity contribution in [1.29, 1.82) is 0 Å². The molecule has 4 heterocycles. The van der Waals surface area contributed by atoms with Gasteiger partial charge in [0.15, 0.2) is 11.2 Å². The number of rotatable bonds is 2. The number of aromatic amines is 1. The van der Waals surface area contributed by atoms with Crippen LogP contribution in [0.15, 0.2) is 34.1 Å². The number of fused-ring (bicyclic) bond motifs is 1. The van der Waals surface area contributed by atoms with Gasteiger partial charge in [-0.05, 0) is 12.1 Å². The summed E-state index contributed by atoms with van der Waals surface area (Å²) in [6.45, 7) is 3.24. The summed E-state index contributed by atoms with van der Waals surface area (Å²) in [6, 6.07) is 3.99. The van der Waals surface area contributed by atoms with Gasteiger partial charge in [-0.25, -0.2) is 4.79 Å². The maximum Gasteiger partial charge on any atom is 0.332 e. The number of hydrogen-bond acceptors (Lipinski definition) is 6. The molecule has 1 saturated heterocycles. The lowest BCUT2D eigenvalue weighted by atomic mass is 10.3. The quantitative estimate of drug-likeness (QED) is 0.687. The second kappa shape index (κ2) is 5.76. The largest absolute Gasteiger partial charge is 0.368 e. The normalized spacial score (nSPS) is 15.1. The lowest BCUT2D eigenvalue weighted by Crippen LogP contribution is -2.47. The maximum atomic E-state index is 12.3. The van der Waals surface area contributed by atoms with Crippen LogP contribution in [0.2, 0.25) is 0 Å². The number of aryl methyl sites for hydroxylation is 1. The first kappa shape index (κ1) is 15.4. The highest BCUT2D eigenvalue weighted by Gasteiger charge is 2.21. The summed E-state index contributed by atoms with van der Waals surface area (Å²) in [5.41, 5.74) is 1.16. The van der Waals surface area contributed by atoms with E-state index in [1.165, 1.54) is 11.6 Å². The monoisotopic (exact) mass is 341 g/mol. The second-order valence-corrected chi connectivity index (χ2v) is 6.14. The van der Waals surface area contributed by atoms with Gasteiger partial charge in [-0.3, -0.25) is 18.9 Å². The Morgan fingerprint density at radius 2 is 1.60 bits per heavy atom. The van der Waals surface area contributed by atoms with Gasteiger partial charge in [0.25, 0.3) is 5.56 Å². The molecule has 9 heteroatoms. The summed E-state index contributed by atoms with van der Waals surface area (Å²) in [6.07, 6.45) is 3.58. The average molecular weight is 341 g/mol. The summed E-state index contributed by atoms with van der Waals surface area (Å²) in [4.78, 5) is 40.3. The molecule has 130 valence electrons. The van der Waals surface area contributed by atoms with E-state index in [2.05, 4.69) is 24.8 Å². The van der Waals surface area contributed by atoms with Crippen LogP contribution in [0, 0.1) is 0 Å². The number of hydrogen-bond donors (Lipinski definition) is 1. The maximum absolute atomic E-state index is 12.3. The van der Waals surface area contributed by atoms with Crippen molar-refractivity contribution in [3.05, 3.63) is 45.4 Å². The van der Waals surface area contributed by atoms with E-state index in [9.17, 15) is 9.59 Å². The standard InChI is InChI=1S/C16H19N7O2/c1-20-13-12(14(24)21(2)16(20)25)18-15(19-13)23-9-7-22(8-10-23)11-3-5-17-6-4-11/h3-6H,7-10H2,1-2H3,(H,18,19). The summed E-state index contributed by atoms with van der Waals surface area (Å²) in [7, 11) is 3.09. The van der Waals surface area contributed by atoms with Crippen molar-refractivity contribution in [3.8, 4) is 0 Å². The number of nitrogens with zero attached hydrogens (tertiary/aromatic N) is 6. The Morgan fingerprint density at radius 3 is 2.28 bits per heavy atom. The highest BCUT2D eigenvalue weighted by atomic mass is 16.2. The molecule has 0 aliphatic carbocycles. The van der Waals surface area contributed by atoms with Crippen LogP contribution in [-0.4, -0.2) is 50.3 Å². The highest BCUT2D eigenvalue weighted by Crippen LogP contribution is 2.19. The molecule has 0 saturated carbocycles. The minimum Gasteiger partial charge on any atom is -0.368 e. The van der Waals surface area contributed by atoms with Crippen molar-refractivity contribution in [2.45, 2.75) is 0 Å². The number of aromatic nitrogens is 5. The van der Waals surface area contributed by atoms with Gasteiger partial charge in [-0.15, -0.1) is 0 Å². The summed E-state index contributed by atoms with van der Waals surface area (Å²) in [5, 5.41) is 0. The van der Waals surface area contributed by atoms with Gasteiger partial charge in [0.1, 0.15) is 0 Å². The molecule has 0 unspecified atom stereocenters. The molecular formula is C16H19N7O2. The SMILES string of the molecule is Cn1c(=O)c2[nH]c(N3CCN(c4ccncc4)CC3)nc2n(C)c1=O. The fourth-order valence-corrected chi connectivity index (χ4v) is 3.19. The topological polar surface area (TPSA) is 92.1 Å². The van der Waals surface area contributed by atoms with Gasteiger partial charge in [0, 0.05) is 58.4 Å². The predicted octanol–water partition coefficient (Wildman–Crippen LogP) is -0.318. The molecule has 0 atom stereocenters. The molecule has 25 heavy (non-hydrogen) atoms. The Morgan fingerprint density at radius 1 is 0.960 bits per heavy atom. The fourth-order valence-electron chi connectivity index (χ4n) is 3.19. The Bertz CT molecular complexity index is 1030. The van der Waals surface area contributed by atoms with Gasteiger partial charge in [-0.2, -0.15) is 4.98 Å². The van der Waals surface area contributed by atoms with E-state index in [-0.39, 0.29) is 11.2 Å². The Labute approximate surface area is 143 Å². The molecule has 0 radical (unpaired) electrons. The first-order chi connectivity index (χ1) is 12.1. The van der Waals surface area contributed by atoms with Crippen molar-refractivity contribution in [2.75, 3.05) is 36.0 Å². The zero-order valence-electron chi connectivity index (χ0n) is 14.1. The highest BCUT2D eigenvalue weighted by molar-refractivity contribution is 5.73. The molecule has 0 amide bonds. The molecule has 9 nitrogen and oxygen atoms in total. The molecule has 0 bridgehead atoms. The molecule has 1 N–H and O–H groups in total. The van der Waals surface area contributed by atoms with Gasteiger partial charge in [0.05, 0.1) is 0 Å². The van der Waals surface area contributed by atoms with Crippen molar-refractivity contribution < 1.29 is 0 Å². The first-order valence-electron chi connectivity index (χ1n) is 8.12. The lowest BCUT2D eigenvalue weighted by Gasteiger charge is -2.35. The fraction of sp³-hybridized carbons (Fsp3) is 0.375. The van der Waals surface area contributed by atoms with E-state index in [4.69, 9.17) is 0 Å². The Kier molecular flexibility index (Phi) is 3.56. The average Bonchev–Trinajstić information content (AvgIpc) is 3.11. The molecule has 3 aromatic rings. The van der Waals surface area contributed by atoms with Crippen LogP contribution < -0.4 is 21.0 Å². The molecule has 1 fully saturated rings. The minimum atomic E-state index is -0.377. The molecule has 0 aromatic carbocycles. The van der Waals surface area contributed by atoms with E-state index in [1.807, 2.05) is 12.1 Å². The van der Waals surface area contributed by atoms with Crippen LogP contribution in [0.4, 0.5) is 11.6 Å². The van der Waals surface area contributed by atoms with E-state index in [1.54, 1.807) is 19.4 Å². The molecule has 1 aliphatic rings. The van der Waals surface area contributed by atoms with Gasteiger partial charge >= 0.3 is 5.69 Å². The third-order valence-corrected chi connectivity index (χ3v) is 4.69. The molecular weight excluding hydrogens is 322 g/mol. The Hall–Kier alpha value is -3.10. The number of imidazole rings is 1. The summed E-state index contributed by atoms with van der Waals surface area (Å²) in [5.74, 6) is 0.627. The van der Waals surface area contributed by atoms with E-state index >= 15 is 0 Å². The van der Waals surface area contributed by atoms with Crippen LogP contribution in [0.25, 0.3) is 11.2 Å². The van der Waals surface area contributed by atoms with E-state index < -0.39 is 0 Å². The van der Waals surface area contributed by atoms with Gasteiger partial charge < -0.3 is 14.8 Å². The number of anilines is 2. The third-order valence-electron chi connectivity index (χ3n) is 4.69. The lowest BCUT2D eigenvalue weighted by molar-refractivity contribution is 0.643. The van der Waals surface area contributed by atoms with E-state index in [0.29, 0.717) is 17.1 Å². The Balaban J connectivity index is 1.62. The molecule has 0 spiro atoms. The zero-order chi connectivity index (χ0) is 17.6. The van der Waals surface area contributed by atoms with Crippen LogP contribution in [0.5, 0.6) is 0 Å². The summed E-state index contributed by atoms with van der Waals surface area (Å²) >= 11 is 0. The smallest absolute Gasteiger partial charge is 0.332 e. The van der Waals surface area contributed by atoms with Crippen molar-refractivity contribution in [3.63, 3.8) is 0 Å². The predicted molar refractivity (Wildman–Crippen MR) is 95.2 cm³/mol. The number of pyridine rings is 1. The van der Waals surface area contributed by atoms with Crippen LogP contribution in [-0.2, 0) is 14.1 Å². The minimum absolute atomic E-state index is 0.354. The molecule has 4 rings (SSSR count). The molecule has 3 aromatic heterocycles. The van der Waals surface area contributed by atoms with E-state index in [0.717, 1.165) is 36.4 Å². The van der Waals surface area contributed by atoms with Gasteiger partial charge in [-0.1, -0.05) is 0 Å². The summed E-state index contributed by atoms with van der Waals surface area (Å²) < 4.78 is 2.48. The van der Waals surface area contributed by atoms with Crippen molar-refractivity contribution >= 4 is 22.8 Å². The zero-order valence-corrected chi connectivity index (χ0v) is 14.1. The molecule has 1 aliphatic heterocycles. The van der Waals surface area contributed by atoms with Gasteiger partial charge in [0.2, 0.25) is 5.95 Å². The van der Waals surface area contributed by atoms with Crippen molar-refractivity contribution in [1.82, 2.24) is 24.1 Å². The number of nitrogens with one attached hydrogen (secondary N) is 1. The third kappa shape index (κ3) is 2.48. The number of H-pyrrole nitrogens is 1. The number of piperazine rings is 1. The van der Waals surface area contributed by atoms with Crippen LogP contribution in [0.1, 0.15) is 0 Å². The van der Waals surface area contributed by atoms with Crippen LogP contribution in [0.3, 0.4) is 0 Å². The van der Waals surface area contributed by atoms with Crippen LogP contribution >= 0.6 is 0 Å².